The lowest BCUT2D eigenvalue weighted by Crippen LogP contribution is -2.10. The Bertz CT molecular complexity index is 575. The van der Waals surface area contributed by atoms with Crippen molar-refractivity contribution in [3.05, 3.63) is 41.5 Å². The van der Waals surface area contributed by atoms with Crippen LogP contribution in [0.3, 0.4) is 0 Å². The highest BCUT2D eigenvalue weighted by Gasteiger charge is 2.32. The molecule has 7 heteroatoms. The van der Waals surface area contributed by atoms with E-state index in [1.807, 2.05) is 0 Å². The van der Waals surface area contributed by atoms with Gasteiger partial charge in [0.1, 0.15) is 12.2 Å². The van der Waals surface area contributed by atoms with Gasteiger partial charge < -0.3 is 5.32 Å². The number of hydrogen-bond acceptors (Lipinski definition) is 3. The quantitative estimate of drug-likeness (QED) is 0.932. The smallest absolute Gasteiger partial charge is 0.378 e. The summed E-state index contributed by atoms with van der Waals surface area (Å²) in [6.07, 6.45) is -2.94. The van der Waals surface area contributed by atoms with Gasteiger partial charge >= 0.3 is 6.18 Å². The first-order chi connectivity index (χ1) is 8.88. The SMILES string of the molecule is Cc1ccc(NCc2ncnn2C)cc1C(F)(F)F. The number of halogens is 3. The summed E-state index contributed by atoms with van der Waals surface area (Å²) in [6.45, 7) is 1.76. The van der Waals surface area contributed by atoms with Crippen LogP contribution < -0.4 is 5.32 Å². The minimum absolute atomic E-state index is 0.205. The molecule has 2 aromatic rings. The molecule has 1 aromatic heterocycles. The normalized spacial score (nSPS) is 11.6. The average Bonchev–Trinajstić information content (AvgIpc) is 2.72. The number of anilines is 1. The second kappa shape index (κ2) is 4.91. The fraction of sp³-hybridized carbons (Fsp3) is 0.333. The minimum atomic E-state index is -4.34. The zero-order valence-electron chi connectivity index (χ0n) is 10.5. The molecule has 2 rings (SSSR count). The number of nitrogens with zero attached hydrogens (tertiary/aromatic N) is 3. The lowest BCUT2D eigenvalue weighted by Gasteiger charge is -2.13. The molecule has 102 valence electrons. The molecular weight excluding hydrogens is 257 g/mol. The molecule has 0 aliphatic rings. The lowest BCUT2D eigenvalue weighted by molar-refractivity contribution is -0.138. The van der Waals surface area contributed by atoms with Crippen molar-refractivity contribution in [2.75, 3.05) is 5.32 Å². The molecule has 1 aromatic carbocycles. The number of nitrogens with one attached hydrogen (secondary N) is 1. The second-order valence-corrected chi connectivity index (χ2v) is 4.18. The molecule has 0 amide bonds. The molecule has 1 heterocycles. The van der Waals surface area contributed by atoms with Crippen LogP contribution in [0.15, 0.2) is 24.5 Å². The second-order valence-electron chi connectivity index (χ2n) is 4.18. The van der Waals surface area contributed by atoms with Crippen LogP contribution in [0.2, 0.25) is 0 Å². The molecule has 4 nitrogen and oxygen atoms in total. The van der Waals surface area contributed by atoms with Gasteiger partial charge in [-0.1, -0.05) is 6.07 Å². The van der Waals surface area contributed by atoms with E-state index < -0.39 is 11.7 Å². The predicted molar refractivity (Wildman–Crippen MR) is 64.5 cm³/mol. The van der Waals surface area contributed by atoms with Crippen molar-refractivity contribution < 1.29 is 13.2 Å². The highest BCUT2D eigenvalue weighted by Crippen LogP contribution is 2.33. The first kappa shape index (κ1) is 13.4. The van der Waals surface area contributed by atoms with Gasteiger partial charge in [0.25, 0.3) is 0 Å². The summed E-state index contributed by atoms with van der Waals surface area (Å²) in [5.41, 5.74) is -0.0203. The molecular formula is C12H13F3N4. The molecule has 0 fully saturated rings. The number of benzene rings is 1. The van der Waals surface area contributed by atoms with E-state index in [0.717, 1.165) is 6.07 Å². The maximum absolute atomic E-state index is 12.8. The number of alkyl halides is 3. The molecule has 0 aliphatic heterocycles. The van der Waals surface area contributed by atoms with Gasteiger partial charge in [0.05, 0.1) is 12.1 Å². The lowest BCUT2D eigenvalue weighted by atomic mass is 10.1. The summed E-state index contributed by atoms with van der Waals surface area (Å²) in [7, 11) is 1.72. The summed E-state index contributed by atoms with van der Waals surface area (Å²) in [4.78, 5) is 3.99. The van der Waals surface area contributed by atoms with Crippen LogP contribution in [0.1, 0.15) is 17.0 Å². The zero-order valence-corrected chi connectivity index (χ0v) is 10.5. The number of aryl methyl sites for hydroxylation is 2. The first-order valence-electron chi connectivity index (χ1n) is 5.62. The van der Waals surface area contributed by atoms with E-state index in [1.54, 1.807) is 17.8 Å². The van der Waals surface area contributed by atoms with E-state index >= 15 is 0 Å². The molecule has 0 radical (unpaired) electrons. The molecule has 0 spiro atoms. The van der Waals surface area contributed by atoms with Gasteiger partial charge in [-0.3, -0.25) is 4.68 Å². The molecule has 0 saturated carbocycles. The highest BCUT2D eigenvalue weighted by molar-refractivity contribution is 5.49. The third-order valence-electron chi connectivity index (χ3n) is 2.80. The number of rotatable bonds is 3. The van der Waals surface area contributed by atoms with Gasteiger partial charge in [0, 0.05) is 12.7 Å². The average molecular weight is 270 g/mol. The molecule has 1 N–H and O–H groups in total. The maximum Gasteiger partial charge on any atom is 0.416 e. The van der Waals surface area contributed by atoms with E-state index in [2.05, 4.69) is 15.4 Å². The van der Waals surface area contributed by atoms with Crippen LogP contribution in [-0.2, 0) is 19.8 Å². The Kier molecular flexibility index (Phi) is 3.46. The minimum Gasteiger partial charge on any atom is -0.378 e. The summed E-state index contributed by atoms with van der Waals surface area (Å²) in [6, 6.07) is 4.16. The number of hydrogen-bond donors (Lipinski definition) is 1. The van der Waals surface area contributed by atoms with E-state index in [4.69, 9.17) is 0 Å². The van der Waals surface area contributed by atoms with Crippen molar-refractivity contribution in [2.24, 2.45) is 7.05 Å². The van der Waals surface area contributed by atoms with Crippen LogP contribution in [0.25, 0.3) is 0 Å². The summed E-state index contributed by atoms with van der Waals surface area (Å²) >= 11 is 0. The van der Waals surface area contributed by atoms with Crippen molar-refractivity contribution in [3.8, 4) is 0 Å². The Morgan fingerprint density at radius 1 is 1.32 bits per heavy atom. The largest absolute Gasteiger partial charge is 0.416 e. The summed E-state index contributed by atoms with van der Waals surface area (Å²) < 4.78 is 39.8. The van der Waals surface area contributed by atoms with Crippen LogP contribution in [0, 0.1) is 6.92 Å². The first-order valence-corrected chi connectivity index (χ1v) is 5.62. The van der Waals surface area contributed by atoms with Crippen LogP contribution >= 0.6 is 0 Å². The third kappa shape index (κ3) is 3.04. The fourth-order valence-corrected chi connectivity index (χ4v) is 1.70. The van der Waals surface area contributed by atoms with Crippen LogP contribution in [-0.4, -0.2) is 14.8 Å². The Balaban J connectivity index is 2.16. The Morgan fingerprint density at radius 2 is 2.05 bits per heavy atom. The standard InChI is InChI=1S/C12H13F3N4/c1-8-3-4-9(5-10(8)12(13,14)15)16-6-11-17-7-18-19(11)2/h3-5,7,16H,6H2,1-2H3. The van der Waals surface area contributed by atoms with Gasteiger partial charge in [-0.15, -0.1) is 0 Å². The molecule has 19 heavy (non-hydrogen) atoms. The highest BCUT2D eigenvalue weighted by atomic mass is 19.4. The molecule has 0 unspecified atom stereocenters. The molecule has 0 atom stereocenters. The fourth-order valence-electron chi connectivity index (χ4n) is 1.70. The van der Waals surface area contributed by atoms with Crippen molar-refractivity contribution >= 4 is 5.69 Å². The number of aromatic nitrogens is 3. The predicted octanol–water partition coefficient (Wildman–Crippen LogP) is 2.75. The monoisotopic (exact) mass is 270 g/mol. The Labute approximate surface area is 108 Å². The molecule has 0 saturated heterocycles. The van der Waals surface area contributed by atoms with Gasteiger partial charge in [-0.25, -0.2) is 4.98 Å². The summed E-state index contributed by atoms with van der Waals surface area (Å²) in [5, 5.41) is 6.79. The third-order valence-corrected chi connectivity index (χ3v) is 2.80. The van der Waals surface area contributed by atoms with Gasteiger partial charge in [0.15, 0.2) is 0 Å². The summed E-state index contributed by atoms with van der Waals surface area (Å²) in [5.74, 6) is 0.647. The van der Waals surface area contributed by atoms with Crippen molar-refractivity contribution in [3.63, 3.8) is 0 Å². The zero-order chi connectivity index (χ0) is 14.0. The van der Waals surface area contributed by atoms with E-state index in [-0.39, 0.29) is 5.56 Å². The van der Waals surface area contributed by atoms with Gasteiger partial charge in [-0.05, 0) is 24.6 Å². The van der Waals surface area contributed by atoms with Crippen molar-refractivity contribution in [2.45, 2.75) is 19.6 Å². The maximum atomic E-state index is 12.8. The van der Waals surface area contributed by atoms with E-state index in [9.17, 15) is 13.2 Å². The van der Waals surface area contributed by atoms with Crippen LogP contribution in [0.4, 0.5) is 18.9 Å². The topological polar surface area (TPSA) is 42.7 Å². The van der Waals surface area contributed by atoms with E-state index in [1.165, 1.54) is 19.3 Å². The van der Waals surface area contributed by atoms with Gasteiger partial charge in [-0.2, -0.15) is 18.3 Å². The molecule has 0 aliphatic carbocycles. The van der Waals surface area contributed by atoms with Crippen LogP contribution in [0.5, 0.6) is 0 Å². The van der Waals surface area contributed by atoms with Crippen molar-refractivity contribution in [1.82, 2.24) is 14.8 Å². The van der Waals surface area contributed by atoms with Crippen molar-refractivity contribution in [1.29, 1.82) is 0 Å². The Morgan fingerprint density at radius 3 is 2.63 bits per heavy atom. The Hall–Kier alpha value is -2.05. The molecule has 0 bridgehead atoms. The van der Waals surface area contributed by atoms with E-state index in [0.29, 0.717) is 18.1 Å². The van der Waals surface area contributed by atoms with Gasteiger partial charge in [0.2, 0.25) is 0 Å².